The highest BCUT2D eigenvalue weighted by molar-refractivity contribution is 5.85. The number of ether oxygens (including phenoxy) is 2. The Morgan fingerprint density at radius 3 is 2.05 bits per heavy atom. The zero-order chi connectivity index (χ0) is 26.3. The molecule has 3 aromatic carbocycles. The summed E-state index contributed by atoms with van der Waals surface area (Å²) >= 11 is 0. The molecule has 0 unspecified atom stereocenters. The molecule has 4 aliphatic rings. The molecule has 0 aromatic heterocycles. The third-order valence-corrected chi connectivity index (χ3v) is 8.31. The van der Waals surface area contributed by atoms with E-state index in [9.17, 15) is 19.5 Å². The molecule has 1 atom stereocenters. The van der Waals surface area contributed by atoms with Crippen LogP contribution in [0.5, 0.6) is 0 Å². The van der Waals surface area contributed by atoms with Crippen molar-refractivity contribution >= 4 is 18.0 Å². The number of carbonyl (C=O) groups excluding carboxylic acids is 2. The van der Waals surface area contributed by atoms with Gasteiger partial charge in [0, 0.05) is 18.9 Å². The van der Waals surface area contributed by atoms with E-state index in [0.29, 0.717) is 25.8 Å². The van der Waals surface area contributed by atoms with Crippen LogP contribution in [-0.4, -0.2) is 42.4 Å². The average Bonchev–Trinajstić information content (AvgIpc) is 3.20. The number of rotatable bonds is 9. The van der Waals surface area contributed by atoms with E-state index in [2.05, 4.69) is 29.6 Å². The predicted molar refractivity (Wildman–Crippen MR) is 139 cm³/mol. The summed E-state index contributed by atoms with van der Waals surface area (Å²) < 4.78 is 11.1. The molecule has 3 saturated carbocycles. The lowest BCUT2D eigenvalue weighted by Crippen LogP contribution is -2.69. The van der Waals surface area contributed by atoms with Crippen molar-refractivity contribution in [3.63, 3.8) is 0 Å². The highest BCUT2D eigenvalue weighted by Crippen LogP contribution is 2.73. The van der Waals surface area contributed by atoms with Crippen LogP contribution in [0.15, 0.2) is 78.9 Å². The van der Waals surface area contributed by atoms with Crippen LogP contribution in [0.2, 0.25) is 0 Å². The lowest BCUT2D eigenvalue weighted by atomic mass is 9.35. The number of nitrogens with one attached hydrogen (secondary N) is 1. The van der Waals surface area contributed by atoms with E-state index in [-0.39, 0.29) is 24.4 Å². The number of hydrogen-bond acceptors (Lipinski definition) is 5. The number of carboxylic acids is 1. The number of hydrogen-bond donors (Lipinski definition) is 2. The topological polar surface area (TPSA) is 102 Å². The number of aliphatic carboxylic acids is 1. The standard InChI is InChI=1S/C31H29NO6/c33-27(34)26(14-20-8-2-1-3-9-20)38-28(35)31-16-30(17-31,18-31)19-32-29(36)37-15-25-23-12-6-4-10-21(23)22-11-5-7-13-24(22)25/h1-13,25-26H,14-19H2,(H,32,36)(H,33,34)/t26-,30?,31?/m0/s1. The summed E-state index contributed by atoms with van der Waals surface area (Å²) in [6.45, 7) is 0.673. The van der Waals surface area contributed by atoms with Crippen molar-refractivity contribution in [1.82, 2.24) is 5.32 Å². The molecular formula is C31H29NO6. The molecule has 4 aliphatic carbocycles. The lowest BCUT2D eigenvalue weighted by Gasteiger charge is -2.68. The van der Waals surface area contributed by atoms with Crippen molar-refractivity contribution in [2.45, 2.75) is 37.7 Å². The molecule has 3 fully saturated rings. The summed E-state index contributed by atoms with van der Waals surface area (Å²) in [6.07, 6.45) is 0.198. The summed E-state index contributed by atoms with van der Waals surface area (Å²) in [4.78, 5) is 37.0. The first kappa shape index (κ1) is 24.2. The fourth-order valence-electron chi connectivity index (χ4n) is 6.57. The molecule has 7 heteroatoms. The molecule has 0 heterocycles. The molecule has 0 saturated heterocycles. The molecule has 0 radical (unpaired) electrons. The van der Waals surface area contributed by atoms with E-state index < -0.39 is 29.6 Å². The first-order valence-corrected chi connectivity index (χ1v) is 12.9. The molecule has 2 bridgehead atoms. The number of esters is 1. The second-order valence-corrected chi connectivity index (χ2v) is 10.9. The van der Waals surface area contributed by atoms with Crippen LogP contribution in [-0.2, 0) is 25.5 Å². The first-order valence-electron chi connectivity index (χ1n) is 12.9. The number of amides is 1. The minimum absolute atomic E-state index is 0.000735. The first-order chi connectivity index (χ1) is 18.4. The normalized spacial score (nSPS) is 23.2. The van der Waals surface area contributed by atoms with Crippen molar-refractivity contribution in [3.8, 4) is 11.1 Å². The molecule has 1 amide bonds. The van der Waals surface area contributed by atoms with E-state index >= 15 is 0 Å². The Kier molecular flexibility index (Phi) is 5.94. The molecule has 0 spiro atoms. The van der Waals surface area contributed by atoms with Crippen molar-refractivity contribution in [2.24, 2.45) is 10.8 Å². The maximum atomic E-state index is 12.8. The van der Waals surface area contributed by atoms with Crippen molar-refractivity contribution in [3.05, 3.63) is 95.6 Å². The van der Waals surface area contributed by atoms with Gasteiger partial charge < -0.3 is 19.9 Å². The Labute approximate surface area is 220 Å². The number of carbonyl (C=O) groups is 3. The predicted octanol–water partition coefficient (Wildman–Crippen LogP) is 4.93. The van der Waals surface area contributed by atoms with Gasteiger partial charge in [-0.3, -0.25) is 4.79 Å². The van der Waals surface area contributed by atoms with Crippen LogP contribution in [0.25, 0.3) is 11.1 Å². The van der Waals surface area contributed by atoms with Gasteiger partial charge in [0.05, 0.1) is 5.41 Å². The zero-order valence-electron chi connectivity index (χ0n) is 20.9. The van der Waals surface area contributed by atoms with Crippen LogP contribution in [0, 0.1) is 10.8 Å². The van der Waals surface area contributed by atoms with Gasteiger partial charge in [-0.1, -0.05) is 78.9 Å². The average molecular weight is 512 g/mol. The Bertz CT molecular complexity index is 1330. The van der Waals surface area contributed by atoms with Crippen LogP contribution >= 0.6 is 0 Å². The molecule has 194 valence electrons. The van der Waals surface area contributed by atoms with Crippen molar-refractivity contribution < 1.29 is 29.0 Å². The maximum absolute atomic E-state index is 12.8. The summed E-state index contributed by atoms with van der Waals surface area (Å²) in [7, 11) is 0. The van der Waals surface area contributed by atoms with Crippen LogP contribution in [0.3, 0.4) is 0 Å². The fourth-order valence-corrected chi connectivity index (χ4v) is 6.57. The number of carboxylic acid groups (broad SMARTS) is 1. The molecule has 2 N–H and O–H groups in total. The summed E-state index contributed by atoms with van der Waals surface area (Å²) in [6, 6.07) is 25.5. The molecular weight excluding hydrogens is 482 g/mol. The van der Waals surface area contributed by atoms with Gasteiger partial charge in [0.2, 0.25) is 6.10 Å². The fraction of sp³-hybridized carbons (Fsp3) is 0.323. The van der Waals surface area contributed by atoms with Crippen LogP contribution in [0.1, 0.15) is 41.9 Å². The number of fused-ring (bicyclic) bond motifs is 3. The van der Waals surface area contributed by atoms with E-state index in [0.717, 1.165) is 16.7 Å². The SMILES string of the molecule is O=C(NCC12CC(C(=O)O[C@@H](Cc3ccccc3)C(=O)O)(C1)C2)OCC1c2ccccc2-c2ccccc21. The van der Waals surface area contributed by atoms with Crippen molar-refractivity contribution in [1.29, 1.82) is 0 Å². The van der Waals surface area contributed by atoms with Crippen molar-refractivity contribution in [2.75, 3.05) is 13.2 Å². The zero-order valence-corrected chi connectivity index (χ0v) is 20.9. The quantitative estimate of drug-likeness (QED) is 0.395. The lowest BCUT2D eigenvalue weighted by molar-refractivity contribution is -0.230. The number of benzene rings is 3. The van der Waals surface area contributed by atoms with Gasteiger partial charge in [0.25, 0.3) is 0 Å². The highest BCUT2D eigenvalue weighted by Gasteiger charge is 2.72. The minimum Gasteiger partial charge on any atom is -0.478 e. The van der Waals surface area contributed by atoms with E-state index in [1.54, 1.807) is 0 Å². The smallest absolute Gasteiger partial charge is 0.407 e. The van der Waals surface area contributed by atoms with Gasteiger partial charge in [0.15, 0.2) is 0 Å². The van der Waals surface area contributed by atoms with Crippen LogP contribution < -0.4 is 5.32 Å². The minimum atomic E-state index is -1.21. The Morgan fingerprint density at radius 1 is 0.868 bits per heavy atom. The summed E-state index contributed by atoms with van der Waals surface area (Å²) in [5.41, 5.74) is 4.69. The van der Waals surface area contributed by atoms with Gasteiger partial charge in [-0.2, -0.15) is 0 Å². The largest absolute Gasteiger partial charge is 0.478 e. The Morgan fingerprint density at radius 2 is 1.45 bits per heavy atom. The summed E-state index contributed by atoms with van der Waals surface area (Å²) in [5, 5.41) is 12.4. The van der Waals surface area contributed by atoms with Gasteiger partial charge in [-0.25, -0.2) is 9.59 Å². The highest BCUT2D eigenvalue weighted by atomic mass is 16.6. The Balaban J connectivity index is 0.984. The molecule has 0 aliphatic heterocycles. The van der Waals surface area contributed by atoms with Gasteiger partial charge in [-0.15, -0.1) is 0 Å². The second kappa shape index (κ2) is 9.31. The summed E-state index contributed by atoms with van der Waals surface area (Å²) in [5.74, 6) is -1.61. The molecule has 7 nitrogen and oxygen atoms in total. The van der Waals surface area contributed by atoms with E-state index in [4.69, 9.17) is 9.47 Å². The third-order valence-electron chi connectivity index (χ3n) is 8.31. The maximum Gasteiger partial charge on any atom is 0.407 e. The van der Waals surface area contributed by atoms with Gasteiger partial charge in [-0.05, 0) is 52.5 Å². The second-order valence-electron chi connectivity index (χ2n) is 10.9. The Hall–Kier alpha value is -4.13. The molecule has 38 heavy (non-hydrogen) atoms. The van der Waals surface area contributed by atoms with Gasteiger partial charge in [0.1, 0.15) is 6.61 Å². The van der Waals surface area contributed by atoms with E-state index in [1.165, 1.54) is 11.1 Å². The molecule has 7 rings (SSSR count). The van der Waals surface area contributed by atoms with Gasteiger partial charge >= 0.3 is 18.0 Å². The molecule has 3 aromatic rings. The third kappa shape index (κ3) is 4.22. The number of alkyl carbamates (subject to hydrolysis) is 1. The van der Waals surface area contributed by atoms with Crippen LogP contribution in [0.4, 0.5) is 4.79 Å². The monoisotopic (exact) mass is 511 g/mol. The van der Waals surface area contributed by atoms with E-state index in [1.807, 2.05) is 54.6 Å².